The Morgan fingerprint density at radius 3 is 2.42 bits per heavy atom. The summed E-state index contributed by atoms with van der Waals surface area (Å²) >= 11 is 0. The molecule has 0 saturated heterocycles. The lowest BCUT2D eigenvalue weighted by Crippen LogP contribution is -2.11. The van der Waals surface area contributed by atoms with Gasteiger partial charge in [-0.2, -0.15) is 0 Å². The predicted octanol–water partition coefficient (Wildman–Crippen LogP) is 3.14. The van der Waals surface area contributed by atoms with E-state index in [1.54, 1.807) is 0 Å². The maximum Gasteiger partial charge on any atom is 0.0579 e. The molecule has 0 aliphatic carbocycles. The zero-order chi connectivity index (χ0) is 9.56. The molecule has 0 bridgehead atoms. The second-order valence-electron chi connectivity index (χ2n) is 3.71. The van der Waals surface area contributed by atoms with Crippen molar-refractivity contribution in [2.24, 2.45) is 5.92 Å². The first-order valence-corrected chi connectivity index (χ1v) is 4.94. The van der Waals surface area contributed by atoms with Gasteiger partial charge >= 0.3 is 0 Å². The van der Waals surface area contributed by atoms with Crippen molar-refractivity contribution in [1.82, 2.24) is 0 Å². The Bertz CT molecular complexity index is 129. The van der Waals surface area contributed by atoms with Crippen molar-refractivity contribution in [3.63, 3.8) is 0 Å². The molecule has 0 heterocycles. The molecule has 0 aliphatic heterocycles. The summed E-state index contributed by atoms with van der Waals surface area (Å²) < 4.78 is 0. The van der Waals surface area contributed by atoms with E-state index in [0.29, 0.717) is 5.92 Å². The van der Waals surface area contributed by atoms with Gasteiger partial charge in [0, 0.05) is 0 Å². The molecule has 0 aromatic rings. The first-order valence-electron chi connectivity index (χ1n) is 4.94. The molecule has 0 rings (SSSR count). The van der Waals surface area contributed by atoms with E-state index in [4.69, 9.17) is 0 Å². The Hall–Kier alpha value is -0.300. The van der Waals surface area contributed by atoms with Crippen LogP contribution in [-0.2, 0) is 0 Å². The number of aliphatic hydroxyl groups is 1. The van der Waals surface area contributed by atoms with Gasteiger partial charge in [0.1, 0.15) is 0 Å². The summed E-state index contributed by atoms with van der Waals surface area (Å²) in [6.45, 7) is 10.3. The maximum absolute atomic E-state index is 9.59. The van der Waals surface area contributed by atoms with Crippen LogP contribution in [0.3, 0.4) is 0 Å². The average molecular weight is 170 g/mol. The highest BCUT2D eigenvalue weighted by Crippen LogP contribution is 2.15. The van der Waals surface area contributed by atoms with E-state index in [2.05, 4.69) is 27.4 Å². The Kier molecular flexibility index (Phi) is 6.09. The van der Waals surface area contributed by atoms with Crippen molar-refractivity contribution >= 4 is 0 Å². The van der Waals surface area contributed by atoms with Gasteiger partial charge in [-0.05, 0) is 25.2 Å². The van der Waals surface area contributed by atoms with Gasteiger partial charge in [-0.1, -0.05) is 39.3 Å². The van der Waals surface area contributed by atoms with Crippen LogP contribution in [-0.4, -0.2) is 11.2 Å². The van der Waals surface area contributed by atoms with Crippen molar-refractivity contribution < 1.29 is 5.11 Å². The molecule has 0 fully saturated rings. The van der Waals surface area contributed by atoms with Crippen LogP contribution in [0.1, 0.15) is 46.5 Å². The number of aliphatic hydroxyl groups excluding tert-OH is 1. The van der Waals surface area contributed by atoms with Crippen LogP contribution in [0.2, 0.25) is 0 Å². The van der Waals surface area contributed by atoms with E-state index in [1.807, 2.05) is 0 Å². The molecule has 1 nitrogen and oxygen atoms in total. The fourth-order valence-electron chi connectivity index (χ4n) is 1.19. The molecule has 0 aromatic heterocycles. The van der Waals surface area contributed by atoms with Crippen molar-refractivity contribution in [3.8, 4) is 0 Å². The molecule has 2 atom stereocenters. The van der Waals surface area contributed by atoms with E-state index < -0.39 is 0 Å². The Morgan fingerprint density at radius 1 is 1.42 bits per heavy atom. The molecule has 0 saturated carbocycles. The van der Waals surface area contributed by atoms with Crippen LogP contribution in [0.5, 0.6) is 0 Å². The Balaban J connectivity index is 3.58. The van der Waals surface area contributed by atoms with Gasteiger partial charge in [0.15, 0.2) is 0 Å². The maximum atomic E-state index is 9.59. The van der Waals surface area contributed by atoms with Gasteiger partial charge in [-0.15, -0.1) is 0 Å². The second kappa shape index (κ2) is 6.24. The number of rotatable bonds is 6. The predicted molar refractivity (Wildman–Crippen MR) is 54.1 cm³/mol. The molecular formula is C11H22O. The van der Waals surface area contributed by atoms with Crippen LogP contribution in [0.15, 0.2) is 12.2 Å². The van der Waals surface area contributed by atoms with E-state index in [-0.39, 0.29) is 6.10 Å². The second-order valence-corrected chi connectivity index (χ2v) is 3.71. The Labute approximate surface area is 76.5 Å². The van der Waals surface area contributed by atoms with E-state index in [1.165, 1.54) is 0 Å². The largest absolute Gasteiger partial charge is 0.393 e. The third-order valence-electron chi connectivity index (χ3n) is 2.40. The quantitative estimate of drug-likeness (QED) is 0.607. The molecule has 0 radical (unpaired) electrons. The van der Waals surface area contributed by atoms with Crippen molar-refractivity contribution in [2.45, 2.75) is 52.6 Å². The Morgan fingerprint density at radius 2 is 2.00 bits per heavy atom. The lowest BCUT2D eigenvalue weighted by atomic mass is 9.96. The average Bonchev–Trinajstić information content (AvgIpc) is 2.03. The molecular weight excluding hydrogens is 148 g/mol. The zero-order valence-electron chi connectivity index (χ0n) is 8.64. The molecule has 12 heavy (non-hydrogen) atoms. The van der Waals surface area contributed by atoms with Crippen LogP contribution in [0.4, 0.5) is 0 Å². The lowest BCUT2D eigenvalue weighted by molar-refractivity contribution is 0.144. The SMILES string of the molecule is C=C(CC)CC(O)CC(C)CC. The summed E-state index contributed by atoms with van der Waals surface area (Å²) in [6, 6.07) is 0. The number of hydrogen-bond donors (Lipinski definition) is 1. The minimum absolute atomic E-state index is 0.174. The van der Waals surface area contributed by atoms with E-state index >= 15 is 0 Å². The third-order valence-corrected chi connectivity index (χ3v) is 2.40. The highest BCUT2D eigenvalue weighted by molar-refractivity contribution is 4.94. The molecule has 0 aliphatic rings. The summed E-state index contributed by atoms with van der Waals surface area (Å²) in [5.41, 5.74) is 1.16. The standard InChI is InChI=1S/C11H22O/c1-5-9(3)7-11(12)8-10(4)6-2/h10-12H,3,5-8H2,1-2,4H3. The summed E-state index contributed by atoms with van der Waals surface area (Å²) in [5.74, 6) is 0.629. The normalized spacial score (nSPS) is 15.7. The smallest absolute Gasteiger partial charge is 0.0579 e. The first kappa shape index (κ1) is 11.7. The van der Waals surface area contributed by atoms with Crippen molar-refractivity contribution in [1.29, 1.82) is 0 Å². The van der Waals surface area contributed by atoms with Crippen LogP contribution >= 0.6 is 0 Å². The lowest BCUT2D eigenvalue weighted by Gasteiger charge is -2.15. The molecule has 1 heteroatoms. The molecule has 0 amide bonds. The van der Waals surface area contributed by atoms with Crippen LogP contribution in [0.25, 0.3) is 0 Å². The van der Waals surface area contributed by atoms with Crippen molar-refractivity contribution in [3.05, 3.63) is 12.2 Å². The van der Waals surface area contributed by atoms with Crippen molar-refractivity contribution in [2.75, 3.05) is 0 Å². The highest BCUT2D eigenvalue weighted by Gasteiger charge is 2.09. The summed E-state index contributed by atoms with van der Waals surface area (Å²) in [5, 5.41) is 9.59. The fraction of sp³-hybridized carbons (Fsp3) is 0.818. The van der Waals surface area contributed by atoms with Gasteiger partial charge in [0.05, 0.1) is 6.10 Å². The van der Waals surface area contributed by atoms with Gasteiger partial charge < -0.3 is 5.11 Å². The summed E-state index contributed by atoms with van der Waals surface area (Å²) in [7, 11) is 0. The summed E-state index contributed by atoms with van der Waals surface area (Å²) in [6.07, 6.45) is 3.65. The highest BCUT2D eigenvalue weighted by atomic mass is 16.3. The molecule has 2 unspecified atom stereocenters. The molecule has 72 valence electrons. The van der Waals surface area contributed by atoms with Crippen LogP contribution in [0, 0.1) is 5.92 Å². The van der Waals surface area contributed by atoms with Gasteiger partial charge in [0.25, 0.3) is 0 Å². The van der Waals surface area contributed by atoms with Crippen LogP contribution < -0.4 is 0 Å². The zero-order valence-corrected chi connectivity index (χ0v) is 8.64. The fourth-order valence-corrected chi connectivity index (χ4v) is 1.19. The van der Waals surface area contributed by atoms with Gasteiger partial charge in [-0.3, -0.25) is 0 Å². The summed E-state index contributed by atoms with van der Waals surface area (Å²) in [4.78, 5) is 0. The van der Waals surface area contributed by atoms with E-state index in [9.17, 15) is 5.11 Å². The minimum Gasteiger partial charge on any atom is -0.393 e. The van der Waals surface area contributed by atoms with Gasteiger partial charge in [-0.25, -0.2) is 0 Å². The topological polar surface area (TPSA) is 20.2 Å². The van der Waals surface area contributed by atoms with Gasteiger partial charge in [0.2, 0.25) is 0 Å². The molecule has 1 N–H and O–H groups in total. The number of hydrogen-bond acceptors (Lipinski definition) is 1. The minimum atomic E-state index is -0.174. The monoisotopic (exact) mass is 170 g/mol. The molecule has 0 aromatic carbocycles. The third kappa shape index (κ3) is 5.36. The van der Waals surface area contributed by atoms with E-state index in [0.717, 1.165) is 31.3 Å². The molecule has 0 spiro atoms. The first-order chi connectivity index (χ1) is 5.60.